The van der Waals surface area contributed by atoms with Gasteiger partial charge in [0.2, 0.25) is 5.95 Å². The second-order valence-corrected chi connectivity index (χ2v) is 6.08. The molecule has 0 bridgehead atoms. The quantitative estimate of drug-likeness (QED) is 0.481. The highest BCUT2D eigenvalue weighted by Gasteiger charge is 2.03. The van der Waals surface area contributed by atoms with Gasteiger partial charge >= 0.3 is 0 Å². The number of hydrogen-bond donors (Lipinski definition) is 2. The van der Waals surface area contributed by atoms with Gasteiger partial charge in [0.15, 0.2) is 5.82 Å². The molecular formula is C22H19N5O. The lowest BCUT2D eigenvalue weighted by Crippen LogP contribution is -2.02. The number of anilines is 4. The van der Waals surface area contributed by atoms with Crippen LogP contribution in [0.2, 0.25) is 0 Å². The fourth-order valence-corrected chi connectivity index (χ4v) is 2.59. The van der Waals surface area contributed by atoms with Crippen molar-refractivity contribution in [2.24, 2.45) is 0 Å². The molecule has 0 atom stereocenters. The summed E-state index contributed by atoms with van der Waals surface area (Å²) < 4.78 is 5.80. The van der Waals surface area contributed by atoms with E-state index in [2.05, 4.69) is 25.8 Å². The highest BCUT2D eigenvalue weighted by atomic mass is 16.5. The third kappa shape index (κ3) is 4.82. The summed E-state index contributed by atoms with van der Waals surface area (Å²) in [6.07, 6.45) is 1.58. The molecule has 0 saturated heterocycles. The second kappa shape index (κ2) is 8.64. The average molecular weight is 369 g/mol. The van der Waals surface area contributed by atoms with E-state index in [1.807, 2.05) is 84.9 Å². The molecule has 2 N–H and O–H groups in total. The van der Waals surface area contributed by atoms with Crippen LogP contribution >= 0.6 is 0 Å². The summed E-state index contributed by atoms with van der Waals surface area (Å²) in [6, 6.07) is 27.5. The molecule has 4 aromatic rings. The van der Waals surface area contributed by atoms with Crippen LogP contribution in [-0.2, 0) is 6.61 Å². The van der Waals surface area contributed by atoms with Crippen LogP contribution in [0.3, 0.4) is 0 Å². The van der Waals surface area contributed by atoms with Gasteiger partial charge in [-0.05, 0) is 42.0 Å². The van der Waals surface area contributed by atoms with Gasteiger partial charge in [-0.15, -0.1) is 5.10 Å². The third-order valence-corrected chi connectivity index (χ3v) is 3.96. The molecule has 0 fully saturated rings. The molecule has 6 nitrogen and oxygen atoms in total. The topological polar surface area (TPSA) is 72.0 Å². The second-order valence-electron chi connectivity index (χ2n) is 6.08. The average Bonchev–Trinajstić information content (AvgIpc) is 2.75. The summed E-state index contributed by atoms with van der Waals surface area (Å²) in [7, 11) is 0. The number of nitrogens with zero attached hydrogens (tertiary/aromatic N) is 3. The first-order chi connectivity index (χ1) is 13.8. The van der Waals surface area contributed by atoms with E-state index in [0.717, 1.165) is 22.7 Å². The summed E-state index contributed by atoms with van der Waals surface area (Å²) in [4.78, 5) is 4.43. The Bertz CT molecular complexity index is 1010. The minimum Gasteiger partial charge on any atom is -0.489 e. The fraction of sp³-hybridized carbons (Fsp3) is 0.0455. The van der Waals surface area contributed by atoms with Gasteiger partial charge in [0, 0.05) is 11.4 Å². The van der Waals surface area contributed by atoms with Crippen molar-refractivity contribution >= 4 is 23.1 Å². The first kappa shape index (κ1) is 17.5. The number of rotatable bonds is 7. The van der Waals surface area contributed by atoms with Gasteiger partial charge in [0.25, 0.3) is 0 Å². The highest BCUT2D eigenvalue weighted by Crippen LogP contribution is 2.20. The Kier molecular flexibility index (Phi) is 5.39. The van der Waals surface area contributed by atoms with E-state index in [-0.39, 0.29) is 0 Å². The number of aromatic nitrogens is 3. The fourth-order valence-electron chi connectivity index (χ4n) is 2.59. The Balaban J connectivity index is 1.37. The van der Waals surface area contributed by atoms with Crippen molar-refractivity contribution < 1.29 is 4.74 Å². The molecule has 28 heavy (non-hydrogen) atoms. The minimum atomic E-state index is 0.416. The Morgan fingerprint density at radius 2 is 1.39 bits per heavy atom. The molecular weight excluding hydrogens is 350 g/mol. The van der Waals surface area contributed by atoms with Crippen molar-refractivity contribution in [2.45, 2.75) is 6.61 Å². The molecule has 6 heteroatoms. The lowest BCUT2D eigenvalue weighted by molar-refractivity contribution is 0.306. The molecule has 138 valence electrons. The molecule has 4 rings (SSSR count). The molecule has 0 aliphatic rings. The van der Waals surface area contributed by atoms with Gasteiger partial charge in [-0.2, -0.15) is 10.1 Å². The number of ether oxygens (including phenoxy) is 1. The van der Waals surface area contributed by atoms with Gasteiger partial charge in [-0.25, -0.2) is 0 Å². The zero-order chi connectivity index (χ0) is 19.0. The third-order valence-electron chi connectivity index (χ3n) is 3.96. The van der Waals surface area contributed by atoms with Crippen LogP contribution in [0.4, 0.5) is 23.1 Å². The molecule has 0 aliphatic heterocycles. The standard InChI is InChI=1S/C22H19N5O/c1-3-7-17(8-4-1)16-28-20-13-11-19(12-14-20)25-22-26-21(15-23-27-22)24-18-9-5-2-6-10-18/h1-15H,16H2,(H2,24,25,26,27). The maximum absolute atomic E-state index is 5.80. The van der Waals surface area contributed by atoms with Crippen LogP contribution in [0.1, 0.15) is 5.56 Å². The van der Waals surface area contributed by atoms with Crippen LogP contribution in [0.25, 0.3) is 0 Å². The number of para-hydroxylation sites is 1. The van der Waals surface area contributed by atoms with Crippen LogP contribution in [-0.4, -0.2) is 15.2 Å². The van der Waals surface area contributed by atoms with E-state index < -0.39 is 0 Å². The van der Waals surface area contributed by atoms with Crippen molar-refractivity contribution in [1.82, 2.24) is 15.2 Å². The summed E-state index contributed by atoms with van der Waals surface area (Å²) in [5, 5.41) is 14.4. The van der Waals surface area contributed by atoms with Gasteiger partial charge in [-0.1, -0.05) is 48.5 Å². The Labute approximate surface area is 163 Å². The van der Waals surface area contributed by atoms with E-state index in [0.29, 0.717) is 18.4 Å². The summed E-state index contributed by atoms with van der Waals surface area (Å²) in [5.41, 5.74) is 2.92. The molecule has 0 unspecified atom stereocenters. The van der Waals surface area contributed by atoms with E-state index >= 15 is 0 Å². The van der Waals surface area contributed by atoms with Gasteiger partial charge in [0.05, 0.1) is 6.20 Å². The van der Waals surface area contributed by atoms with E-state index in [1.165, 1.54) is 0 Å². The van der Waals surface area contributed by atoms with Crippen molar-refractivity contribution in [1.29, 1.82) is 0 Å². The molecule has 0 saturated carbocycles. The highest BCUT2D eigenvalue weighted by molar-refractivity contribution is 5.58. The first-order valence-corrected chi connectivity index (χ1v) is 8.91. The van der Waals surface area contributed by atoms with Crippen molar-refractivity contribution in [3.8, 4) is 5.75 Å². The molecule has 0 amide bonds. The summed E-state index contributed by atoms with van der Waals surface area (Å²) in [5.74, 6) is 1.83. The zero-order valence-electron chi connectivity index (χ0n) is 15.1. The maximum atomic E-state index is 5.80. The summed E-state index contributed by atoms with van der Waals surface area (Å²) in [6.45, 7) is 0.536. The van der Waals surface area contributed by atoms with Gasteiger partial charge in [0.1, 0.15) is 12.4 Å². The number of nitrogens with one attached hydrogen (secondary N) is 2. The molecule has 0 radical (unpaired) electrons. The minimum absolute atomic E-state index is 0.416. The van der Waals surface area contributed by atoms with Crippen LogP contribution in [0.15, 0.2) is 91.1 Å². The number of benzene rings is 3. The number of hydrogen-bond acceptors (Lipinski definition) is 6. The zero-order valence-corrected chi connectivity index (χ0v) is 15.1. The lowest BCUT2D eigenvalue weighted by Gasteiger charge is -2.09. The Morgan fingerprint density at radius 1 is 0.714 bits per heavy atom. The van der Waals surface area contributed by atoms with E-state index in [9.17, 15) is 0 Å². The van der Waals surface area contributed by atoms with Crippen molar-refractivity contribution in [3.05, 3.63) is 96.7 Å². The molecule has 0 aliphatic carbocycles. The SMILES string of the molecule is c1ccc(COc2ccc(Nc3nncc(Nc4ccccc4)n3)cc2)cc1. The predicted molar refractivity (Wildman–Crippen MR) is 110 cm³/mol. The van der Waals surface area contributed by atoms with E-state index in [4.69, 9.17) is 4.74 Å². The van der Waals surface area contributed by atoms with Crippen molar-refractivity contribution in [3.63, 3.8) is 0 Å². The van der Waals surface area contributed by atoms with E-state index in [1.54, 1.807) is 6.20 Å². The predicted octanol–water partition coefficient (Wildman–Crippen LogP) is 4.94. The Hall–Kier alpha value is -3.93. The van der Waals surface area contributed by atoms with Crippen LogP contribution in [0, 0.1) is 0 Å². The normalized spacial score (nSPS) is 10.3. The van der Waals surface area contributed by atoms with Crippen LogP contribution in [0.5, 0.6) is 5.75 Å². The smallest absolute Gasteiger partial charge is 0.249 e. The molecule has 1 aromatic heterocycles. The summed E-state index contributed by atoms with van der Waals surface area (Å²) >= 11 is 0. The maximum Gasteiger partial charge on any atom is 0.249 e. The monoisotopic (exact) mass is 369 g/mol. The van der Waals surface area contributed by atoms with Gasteiger partial charge in [-0.3, -0.25) is 0 Å². The van der Waals surface area contributed by atoms with Crippen LogP contribution < -0.4 is 15.4 Å². The largest absolute Gasteiger partial charge is 0.489 e. The first-order valence-electron chi connectivity index (χ1n) is 8.91. The molecule has 1 heterocycles. The lowest BCUT2D eigenvalue weighted by atomic mass is 10.2. The van der Waals surface area contributed by atoms with Gasteiger partial charge < -0.3 is 15.4 Å². The van der Waals surface area contributed by atoms with Crippen molar-refractivity contribution in [2.75, 3.05) is 10.6 Å². The Morgan fingerprint density at radius 3 is 2.14 bits per heavy atom. The molecule has 3 aromatic carbocycles. The molecule has 0 spiro atoms.